The summed E-state index contributed by atoms with van der Waals surface area (Å²) in [7, 11) is 0. The predicted molar refractivity (Wildman–Crippen MR) is 105 cm³/mol. The van der Waals surface area contributed by atoms with Crippen LogP contribution in [0.15, 0.2) is 48.5 Å². The maximum absolute atomic E-state index is 12.8. The number of hydrogen-bond donors (Lipinski definition) is 0. The van der Waals surface area contributed by atoms with E-state index in [9.17, 15) is 4.79 Å². The second-order valence-corrected chi connectivity index (χ2v) is 8.15. The molecule has 2 nitrogen and oxygen atoms in total. The van der Waals surface area contributed by atoms with Gasteiger partial charge >= 0.3 is 0 Å². The number of rotatable bonds is 7. The van der Waals surface area contributed by atoms with Crippen LogP contribution in [0.4, 0.5) is 0 Å². The maximum Gasteiger partial charge on any atom is 0.167 e. The SMILES string of the molecule is CC(C)c1ccccc1C(=O)Cc1cccc(OCCC(C)(C)C)c1. The van der Waals surface area contributed by atoms with Gasteiger partial charge in [0.1, 0.15) is 5.75 Å². The maximum atomic E-state index is 12.8. The third-order valence-corrected chi connectivity index (χ3v) is 4.27. The minimum atomic E-state index is 0.163. The Balaban J connectivity index is 2.06. The van der Waals surface area contributed by atoms with Crippen LogP contribution < -0.4 is 4.74 Å². The van der Waals surface area contributed by atoms with Gasteiger partial charge < -0.3 is 4.74 Å². The van der Waals surface area contributed by atoms with Gasteiger partial charge in [-0.25, -0.2) is 0 Å². The highest BCUT2D eigenvalue weighted by Gasteiger charge is 2.14. The Labute approximate surface area is 152 Å². The number of carbonyl (C=O) groups is 1. The zero-order valence-electron chi connectivity index (χ0n) is 16.1. The zero-order chi connectivity index (χ0) is 18.4. The minimum absolute atomic E-state index is 0.163. The Morgan fingerprint density at radius 3 is 2.44 bits per heavy atom. The van der Waals surface area contributed by atoms with Crippen molar-refractivity contribution >= 4 is 5.78 Å². The van der Waals surface area contributed by atoms with Gasteiger partial charge in [-0.15, -0.1) is 0 Å². The minimum Gasteiger partial charge on any atom is -0.494 e. The summed E-state index contributed by atoms with van der Waals surface area (Å²) in [5, 5.41) is 0. The lowest BCUT2D eigenvalue weighted by Crippen LogP contribution is -2.11. The zero-order valence-corrected chi connectivity index (χ0v) is 16.1. The highest BCUT2D eigenvalue weighted by Crippen LogP contribution is 2.23. The molecule has 0 aliphatic rings. The first-order valence-electron chi connectivity index (χ1n) is 9.10. The summed E-state index contributed by atoms with van der Waals surface area (Å²) in [5.74, 6) is 1.34. The van der Waals surface area contributed by atoms with Crippen LogP contribution in [-0.2, 0) is 6.42 Å². The molecular weight excluding hydrogens is 308 g/mol. The lowest BCUT2D eigenvalue weighted by atomic mass is 9.92. The molecule has 0 aromatic heterocycles. The van der Waals surface area contributed by atoms with E-state index in [-0.39, 0.29) is 11.2 Å². The summed E-state index contributed by atoms with van der Waals surface area (Å²) in [6.07, 6.45) is 1.40. The lowest BCUT2D eigenvalue weighted by molar-refractivity contribution is 0.0991. The Morgan fingerprint density at radius 1 is 1.04 bits per heavy atom. The van der Waals surface area contributed by atoms with Crippen molar-refractivity contribution in [2.75, 3.05) is 6.61 Å². The highest BCUT2D eigenvalue weighted by atomic mass is 16.5. The van der Waals surface area contributed by atoms with Crippen LogP contribution in [0.25, 0.3) is 0 Å². The van der Waals surface area contributed by atoms with Crippen LogP contribution in [0.5, 0.6) is 5.75 Å². The number of carbonyl (C=O) groups excluding carboxylic acids is 1. The first kappa shape index (κ1) is 19.2. The van der Waals surface area contributed by atoms with Crippen LogP contribution in [-0.4, -0.2) is 12.4 Å². The monoisotopic (exact) mass is 338 g/mol. The second-order valence-electron chi connectivity index (χ2n) is 8.15. The number of ether oxygens (including phenoxy) is 1. The third-order valence-electron chi connectivity index (χ3n) is 4.27. The molecule has 0 aliphatic carbocycles. The molecule has 0 atom stereocenters. The van der Waals surface area contributed by atoms with E-state index in [4.69, 9.17) is 4.74 Å². The summed E-state index contributed by atoms with van der Waals surface area (Å²) in [5.41, 5.74) is 3.20. The first-order valence-corrected chi connectivity index (χ1v) is 9.10. The molecule has 25 heavy (non-hydrogen) atoms. The largest absolute Gasteiger partial charge is 0.494 e. The van der Waals surface area contributed by atoms with Crippen molar-refractivity contribution in [3.8, 4) is 5.75 Å². The fraction of sp³-hybridized carbons (Fsp3) is 0.435. The van der Waals surface area contributed by atoms with Crippen LogP contribution in [0, 0.1) is 5.41 Å². The molecule has 0 radical (unpaired) electrons. The van der Waals surface area contributed by atoms with E-state index >= 15 is 0 Å². The van der Waals surface area contributed by atoms with E-state index < -0.39 is 0 Å². The predicted octanol–water partition coefficient (Wildman–Crippen LogP) is 6.05. The molecule has 0 unspecified atom stereocenters. The van der Waals surface area contributed by atoms with E-state index in [1.54, 1.807) is 0 Å². The molecule has 0 spiro atoms. The summed E-state index contributed by atoms with van der Waals surface area (Å²) in [6.45, 7) is 11.6. The van der Waals surface area contributed by atoms with Gasteiger partial charge in [0.2, 0.25) is 0 Å². The summed E-state index contributed by atoms with van der Waals surface area (Å²) in [6, 6.07) is 15.8. The van der Waals surface area contributed by atoms with Gasteiger partial charge in [0.15, 0.2) is 5.78 Å². The van der Waals surface area contributed by atoms with Crippen LogP contribution in [0.2, 0.25) is 0 Å². The van der Waals surface area contributed by atoms with E-state index in [1.807, 2.05) is 48.5 Å². The topological polar surface area (TPSA) is 26.3 Å². The Hall–Kier alpha value is -2.09. The quantitative estimate of drug-likeness (QED) is 0.574. The standard InChI is InChI=1S/C23H30O2/c1-17(2)20-11-6-7-12-21(20)22(24)16-18-9-8-10-19(15-18)25-14-13-23(3,4)5/h6-12,15,17H,13-14,16H2,1-5H3. The summed E-state index contributed by atoms with van der Waals surface area (Å²) < 4.78 is 5.86. The van der Waals surface area contributed by atoms with Gasteiger partial charge in [-0.3, -0.25) is 4.79 Å². The Morgan fingerprint density at radius 2 is 1.76 bits per heavy atom. The molecule has 2 heteroatoms. The molecule has 0 amide bonds. The van der Waals surface area contributed by atoms with E-state index in [1.165, 1.54) is 0 Å². The van der Waals surface area contributed by atoms with Gasteiger partial charge in [-0.05, 0) is 41.0 Å². The van der Waals surface area contributed by atoms with E-state index in [0.717, 1.165) is 28.9 Å². The Bertz CT molecular complexity index is 708. The average Bonchev–Trinajstić information content (AvgIpc) is 2.54. The molecule has 2 aromatic rings. The van der Waals surface area contributed by atoms with Crippen LogP contribution >= 0.6 is 0 Å². The van der Waals surface area contributed by atoms with Crippen molar-refractivity contribution in [3.05, 3.63) is 65.2 Å². The van der Waals surface area contributed by atoms with Crippen molar-refractivity contribution < 1.29 is 9.53 Å². The fourth-order valence-corrected chi connectivity index (χ4v) is 2.76. The molecule has 0 N–H and O–H groups in total. The van der Waals surface area contributed by atoms with Crippen molar-refractivity contribution in [3.63, 3.8) is 0 Å². The number of Topliss-reactive ketones (excluding diaryl/α,β-unsaturated/α-hetero) is 1. The molecule has 0 bridgehead atoms. The molecular formula is C23H30O2. The Kier molecular flexibility index (Phi) is 6.41. The summed E-state index contributed by atoms with van der Waals surface area (Å²) in [4.78, 5) is 12.8. The normalized spacial score (nSPS) is 11.6. The number of hydrogen-bond acceptors (Lipinski definition) is 2. The average molecular weight is 338 g/mol. The van der Waals surface area contributed by atoms with Crippen molar-refractivity contribution in [2.24, 2.45) is 5.41 Å². The smallest absolute Gasteiger partial charge is 0.167 e. The molecule has 2 rings (SSSR count). The fourth-order valence-electron chi connectivity index (χ4n) is 2.76. The number of benzene rings is 2. The van der Waals surface area contributed by atoms with Crippen LogP contribution in [0.3, 0.4) is 0 Å². The van der Waals surface area contributed by atoms with E-state index in [0.29, 0.717) is 18.9 Å². The first-order chi connectivity index (χ1) is 11.8. The van der Waals surface area contributed by atoms with Crippen molar-refractivity contribution in [1.82, 2.24) is 0 Å². The van der Waals surface area contributed by atoms with Gasteiger partial charge in [0.05, 0.1) is 6.61 Å². The molecule has 0 fully saturated rings. The second kappa shape index (κ2) is 8.33. The lowest BCUT2D eigenvalue weighted by Gasteiger charge is -2.18. The molecule has 0 heterocycles. The van der Waals surface area contributed by atoms with Gasteiger partial charge in [-0.2, -0.15) is 0 Å². The molecule has 0 aliphatic heterocycles. The van der Waals surface area contributed by atoms with Gasteiger partial charge in [-0.1, -0.05) is 71.0 Å². The third kappa shape index (κ3) is 6.04. The molecule has 2 aromatic carbocycles. The molecule has 134 valence electrons. The highest BCUT2D eigenvalue weighted by molar-refractivity contribution is 5.99. The van der Waals surface area contributed by atoms with Crippen LogP contribution in [0.1, 0.15) is 68.4 Å². The van der Waals surface area contributed by atoms with Gasteiger partial charge in [0, 0.05) is 12.0 Å². The molecule has 0 saturated heterocycles. The van der Waals surface area contributed by atoms with Crippen molar-refractivity contribution in [2.45, 2.75) is 53.4 Å². The van der Waals surface area contributed by atoms with Crippen molar-refractivity contribution in [1.29, 1.82) is 0 Å². The molecule has 0 saturated carbocycles. The number of ketones is 1. The van der Waals surface area contributed by atoms with E-state index in [2.05, 4.69) is 34.6 Å². The van der Waals surface area contributed by atoms with Gasteiger partial charge in [0.25, 0.3) is 0 Å². The summed E-state index contributed by atoms with van der Waals surface area (Å²) >= 11 is 0.